The maximum atomic E-state index is 13.2. The van der Waals surface area contributed by atoms with Gasteiger partial charge in [-0.25, -0.2) is 4.39 Å². The molecule has 0 bridgehead atoms. The van der Waals surface area contributed by atoms with Gasteiger partial charge in [-0.3, -0.25) is 0 Å². The third kappa shape index (κ3) is 2.84. The van der Waals surface area contributed by atoms with Crippen LogP contribution in [-0.4, -0.2) is 6.04 Å². The van der Waals surface area contributed by atoms with Crippen molar-refractivity contribution in [3.05, 3.63) is 35.1 Å². The Hall–Kier alpha value is -0.890. The number of rotatable bonds is 3. The van der Waals surface area contributed by atoms with Gasteiger partial charge in [0.05, 0.1) is 0 Å². The van der Waals surface area contributed by atoms with Crippen LogP contribution in [-0.2, 0) is 6.42 Å². The van der Waals surface area contributed by atoms with Crippen LogP contribution >= 0.6 is 0 Å². The molecule has 0 aromatic heterocycles. The largest absolute Gasteiger partial charge is 0.307 e. The summed E-state index contributed by atoms with van der Waals surface area (Å²) < 4.78 is 13.2. The number of hydrogen-bond acceptors (Lipinski definition) is 1. The Morgan fingerprint density at radius 1 is 1.16 bits per heavy atom. The Morgan fingerprint density at radius 2 is 1.95 bits per heavy atom. The second kappa shape index (κ2) is 5.62. The minimum atomic E-state index is -0.0975. The van der Waals surface area contributed by atoms with E-state index >= 15 is 0 Å². The highest BCUT2D eigenvalue weighted by molar-refractivity contribution is 5.35. The van der Waals surface area contributed by atoms with Gasteiger partial charge in [0.15, 0.2) is 0 Å². The van der Waals surface area contributed by atoms with Gasteiger partial charge in [-0.1, -0.05) is 25.3 Å². The monoisotopic (exact) mass is 261 g/mol. The molecule has 2 aliphatic carbocycles. The van der Waals surface area contributed by atoms with Crippen molar-refractivity contribution in [3.63, 3.8) is 0 Å². The minimum absolute atomic E-state index is 0.0975. The molecule has 0 heterocycles. The molecule has 0 aliphatic heterocycles. The first-order chi connectivity index (χ1) is 9.24. The van der Waals surface area contributed by atoms with Gasteiger partial charge in [0, 0.05) is 12.1 Å². The van der Waals surface area contributed by atoms with Crippen molar-refractivity contribution < 1.29 is 4.39 Å². The van der Waals surface area contributed by atoms with Gasteiger partial charge in [0.1, 0.15) is 5.82 Å². The topological polar surface area (TPSA) is 12.0 Å². The number of benzene rings is 1. The lowest BCUT2D eigenvalue weighted by Gasteiger charge is -2.31. The lowest BCUT2D eigenvalue weighted by atomic mass is 9.84. The number of nitrogens with one attached hydrogen (secondary N) is 1. The van der Waals surface area contributed by atoms with Crippen molar-refractivity contribution in [2.75, 3.05) is 0 Å². The summed E-state index contributed by atoms with van der Waals surface area (Å²) in [5, 5.41) is 3.80. The van der Waals surface area contributed by atoms with E-state index in [2.05, 4.69) is 12.2 Å². The summed E-state index contributed by atoms with van der Waals surface area (Å²) in [4.78, 5) is 0. The van der Waals surface area contributed by atoms with E-state index in [4.69, 9.17) is 0 Å². The highest BCUT2D eigenvalue weighted by Gasteiger charge is 2.27. The van der Waals surface area contributed by atoms with E-state index in [0.717, 1.165) is 18.8 Å². The van der Waals surface area contributed by atoms with Gasteiger partial charge in [0.2, 0.25) is 0 Å². The molecule has 1 fully saturated rings. The van der Waals surface area contributed by atoms with E-state index in [9.17, 15) is 4.39 Å². The Bertz CT molecular complexity index is 437. The molecule has 0 radical (unpaired) electrons. The Labute approximate surface area is 115 Å². The van der Waals surface area contributed by atoms with Crippen LogP contribution in [0.25, 0.3) is 0 Å². The molecule has 0 saturated heterocycles. The summed E-state index contributed by atoms with van der Waals surface area (Å²) in [5.41, 5.74) is 2.53. The molecule has 104 valence electrons. The molecule has 1 aromatic rings. The van der Waals surface area contributed by atoms with Crippen molar-refractivity contribution >= 4 is 0 Å². The zero-order valence-corrected chi connectivity index (χ0v) is 11.8. The minimum Gasteiger partial charge on any atom is -0.307 e. The third-order valence-electron chi connectivity index (χ3n) is 5.00. The summed E-state index contributed by atoms with van der Waals surface area (Å²) in [7, 11) is 0. The molecule has 1 aromatic carbocycles. The normalized spacial score (nSPS) is 25.3. The van der Waals surface area contributed by atoms with Gasteiger partial charge in [0.25, 0.3) is 0 Å². The lowest BCUT2D eigenvalue weighted by molar-refractivity contribution is 0.264. The van der Waals surface area contributed by atoms with Crippen LogP contribution in [0.15, 0.2) is 18.2 Å². The molecule has 1 nitrogen and oxygen atoms in total. The Balaban J connectivity index is 1.65. The second-order valence-corrected chi connectivity index (χ2v) is 6.29. The predicted octanol–water partition coefficient (Wildman–Crippen LogP) is 4.37. The van der Waals surface area contributed by atoms with E-state index in [1.165, 1.54) is 43.2 Å². The maximum absolute atomic E-state index is 13.2. The van der Waals surface area contributed by atoms with Crippen molar-refractivity contribution in [1.29, 1.82) is 0 Å². The molecule has 2 heteroatoms. The number of fused-ring (bicyclic) bond motifs is 1. The Kier molecular flexibility index (Phi) is 3.88. The molecule has 1 unspecified atom stereocenters. The molecule has 1 saturated carbocycles. The van der Waals surface area contributed by atoms with Crippen LogP contribution in [0.3, 0.4) is 0 Å². The molecule has 0 spiro atoms. The summed E-state index contributed by atoms with van der Waals surface area (Å²) >= 11 is 0. The van der Waals surface area contributed by atoms with Crippen LogP contribution in [0.1, 0.15) is 62.6 Å². The van der Waals surface area contributed by atoms with E-state index in [1.807, 2.05) is 6.07 Å². The predicted molar refractivity (Wildman–Crippen MR) is 76.6 cm³/mol. The summed E-state index contributed by atoms with van der Waals surface area (Å²) in [5.74, 6) is 0.734. The van der Waals surface area contributed by atoms with Gasteiger partial charge in [-0.2, -0.15) is 0 Å². The van der Waals surface area contributed by atoms with Crippen LogP contribution in [0, 0.1) is 11.7 Å². The molecular formula is C17H24FN. The van der Waals surface area contributed by atoms with Crippen LogP contribution in [0.5, 0.6) is 0 Å². The average Bonchev–Trinajstić information content (AvgIpc) is 2.82. The van der Waals surface area contributed by atoms with Crippen molar-refractivity contribution in [3.8, 4) is 0 Å². The fourth-order valence-electron chi connectivity index (χ4n) is 3.85. The fraction of sp³-hybridized carbons (Fsp3) is 0.647. The summed E-state index contributed by atoms with van der Waals surface area (Å²) in [6, 6.07) is 6.31. The van der Waals surface area contributed by atoms with Crippen molar-refractivity contribution in [1.82, 2.24) is 5.32 Å². The van der Waals surface area contributed by atoms with Gasteiger partial charge >= 0.3 is 0 Å². The van der Waals surface area contributed by atoms with Gasteiger partial charge < -0.3 is 5.32 Å². The van der Waals surface area contributed by atoms with Crippen molar-refractivity contribution in [2.24, 2.45) is 5.92 Å². The van der Waals surface area contributed by atoms with Crippen LogP contribution < -0.4 is 5.32 Å². The zero-order valence-electron chi connectivity index (χ0n) is 11.8. The smallest absolute Gasteiger partial charge is 0.123 e. The highest BCUT2D eigenvalue weighted by Crippen LogP contribution is 2.34. The van der Waals surface area contributed by atoms with Crippen molar-refractivity contribution in [2.45, 2.75) is 64.0 Å². The van der Waals surface area contributed by atoms with Gasteiger partial charge in [-0.15, -0.1) is 0 Å². The molecule has 0 amide bonds. The fourth-order valence-corrected chi connectivity index (χ4v) is 3.85. The van der Waals surface area contributed by atoms with Crippen LogP contribution in [0.4, 0.5) is 4.39 Å². The summed E-state index contributed by atoms with van der Waals surface area (Å²) in [6.45, 7) is 2.33. The number of aryl methyl sites for hydroxylation is 1. The first-order valence-electron chi connectivity index (χ1n) is 7.78. The molecule has 2 atom stereocenters. The standard InChI is InChI=1S/C17H24FN/c1-12(13-5-3-2-4-6-13)19-17-10-7-14-11-15(18)8-9-16(14)17/h8-9,11-13,17,19H,2-7,10H2,1H3/t12-,17?/m1/s1. The Morgan fingerprint density at radius 3 is 2.74 bits per heavy atom. The number of halogens is 1. The third-order valence-corrected chi connectivity index (χ3v) is 5.00. The molecular weight excluding hydrogens is 237 g/mol. The second-order valence-electron chi connectivity index (χ2n) is 6.29. The summed E-state index contributed by atoms with van der Waals surface area (Å²) in [6.07, 6.45) is 9.08. The zero-order chi connectivity index (χ0) is 13.2. The highest BCUT2D eigenvalue weighted by atomic mass is 19.1. The van der Waals surface area contributed by atoms with E-state index < -0.39 is 0 Å². The molecule has 1 N–H and O–H groups in total. The first kappa shape index (κ1) is 13.1. The number of hydrogen-bond donors (Lipinski definition) is 1. The first-order valence-corrected chi connectivity index (χ1v) is 7.78. The lowest BCUT2D eigenvalue weighted by Crippen LogP contribution is -2.36. The molecule has 3 rings (SSSR count). The van der Waals surface area contributed by atoms with Crippen LogP contribution in [0.2, 0.25) is 0 Å². The molecule has 19 heavy (non-hydrogen) atoms. The maximum Gasteiger partial charge on any atom is 0.123 e. The van der Waals surface area contributed by atoms with E-state index in [-0.39, 0.29) is 5.82 Å². The van der Waals surface area contributed by atoms with E-state index in [1.54, 1.807) is 12.1 Å². The SMILES string of the molecule is C[C@@H](NC1CCc2cc(F)ccc21)C1CCCCC1. The quantitative estimate of drug-likeness (QED) is 0.852. The van der Waals surface area contributed by atoms with E-state index in [0.29, 0.717) is 12.1 Å². The van der Waals surface area contributed by atoms with Gasteiger partial charge in [-0.05, 0) is 61.8 Å². The average molecular weight is 261 g/mol. The molecule has 2 aliphatic rings.